The van der Waals surface area contributed by atoms with Crippen molar-refractivity contribution in [3.8, 4) is 0 Å². The van der Waals surface area contributed by atoms with Gasteiger partial charge in [0.25, 0.3) is 5.91 Å². The SMILES string of the molecule is CC(=O)Nc1ccc(F)c(C23COCC2(F)CSC(NC(=O)c2ccccc2)=N3)c1. The van der Waals surface area contributed by atoms with Gasteiger partial charge in [0.2, 0.25) is 5.91 Å². The van der Waals surface area contributed by atoms with Crippen LogP contribution in [0.3, 0.4) is 0 Å². The Labute approximate surface area is 176 Å². The Bertz CT molecular complexity index is 1030. The number of ether oxygens (including phenoxy) is 1. The lowest BCUT2D eigenvalue weighted by molar-refractivity contribution is -0.114. The number of halogens is 2. The highest BCUT2D eigenvalue weighted by Gasteiger charge is 2.62. The summed E-state index contributed by atoms with van der Waals surface area (Å²) < 4.78 is 36.1. The van der Waals surface area contributed by atoms with E-state index in [1.165, 1.54) is 19.1 Å². The average molecular weight is 431 g/mol. The molecule has 0 saturated carbocycles. The Hall–Kier alpha value is -2.78. The quantitative estimate of drug-likeness (QED) is 0.782. The normalized spacial score (nSPS) is 25.2. The maximum atomic E-state index is 15.9. The lowest BCUT2D eigenvalue weighted by Crippen LogP contribution is -2.53. The van der Waals surface area contributed by atoms with Crippen LogP contribution in [0.2, 0.25) is 0 Å². The van der Waals surface area contributed by atoms with E-state index in [0.717, 1.165) is 17.8 Å². The number of fused-ring (bicyclic) bond motifs is 1. The van der Waals surface area contributed by atoms with Crippen molar-refractivity contribution in [1.29, 1.82) is 0 Å². The summed E-state index contributed by atoms with van der Waals surface area (Å²) in [6.07, 6.45) is 0. The number of hydrogen-bond donors (Lipinski definition) is 2. The number of amides is 2. The first-order chi connectivity index (χ1) is 14.3. The topological polar surface area (TPSA) is 79.8 Å². The number of aliphatic imine (C=N–C) groups is 1. The van der Waals surface area contributed by atoms with Gasteiger partial charge in [0.1, 0.15) is 5.82 Å². The molecule has 1 fully saturated rings. The number of amidine groups is 1. The molecule has 4 rings (SSSR count). The monoisotopic (exact) mass is 431 g/mol. The Kier molecular flexibility index (Phi) is 5.33. The van der Waals surface area contributed by atoms with E-state index in [0.29, 0.717) is 11.3 Å². The van der Waals surface area contributed by atoms with Gasteiger partial charge >= 0.3 is 0 Å². The molecule has 2 amide bonds. The van der Waals surface area contributed by atoms with E-state index >= 15 is 4.39 Å². The molecule has 0 bridgehead atoms. The van der Waals surface area contributed by atoms with E-state index in [1.54, 1.807) is 30.3 Å². The summed E-state index contributed by atoms with van der Waals surface area (Å²) >= 11 is 1.05. The molecule has 2 atom stereocenters. The maximum Gasteiger partial charge on any atom is 0.257 e. The second kappa shape index (κ2) is 7.81. The van der Waals surface area contributed by atoms with Gasteiger partial charge in [-0.2, -0.15) is 0 Å². The lowest BCUT2D eigenvalue weighted by atomic mass is 9.79. The van der Waals surface area contributed by atoms with Crippen LogP contribution in [0.5, 0.6) is 0 Å². The first-order valence-corrected chi connectivity index (χ1v) is 10.2. The number of nitrogens with one attached hydrogen (secondary N) is 2. The van der Waals surface area contributed by atoms with E-state index in [1.807, 2.05) is 0 Å². The van der Waals surface area contributed by atoms with E-state index in [4.69, 9.17) is 4.74 Å². The molecule has 2 aromatic carbocycles. The molecular formula is C21H19F2N3O3S. The molecule has 0 radical (unpaired) electrons. The van der Waals surface area contributed by atoms with Crippen molar-refractivity contribution >= 4 is 34.4 Å². The third kappa shape index (κ3) is 3.59. The fraction of sp³-hybridized carbons (Fsp3) is 0.286. The van der Waals surface area contributed by atoms with E-state index in [9.17, 15) is 14.0 Å². The molecule has 2 unspecified atom stereocenters. The summed E-state index contributed by atoms with van der Waals surface area (Å²) in [5.74, 6) is -1.46. The predicted octanol–water partition coefficient (Wildman–Crippen LogP) is 3.25. The van der Waals surface area contributed by atoms with Crippen molar-refractivity contribution in [2.75, 3.05) is 24.3 Å². The van der Waals surface area contributed by atoms with Crippen molar-refractivity contribution in [3.63, 3.8) is 0 Å². The van der Waals surface area contributed by atoms with Crippen LogP contribution in [-0.4, -0.2) is 41.6 Å². The second-order valence-electron chi connectivity index (χ2n) is 7.22. The van der Waals surface area contributed by atoms with Crippen LogP contribution in [0.25, 0.3) is 0 Å². The summed E-state index contributed by atoms with van der Waals surface area (Å²) in [5, 5.41) is 5.45. The average Bonchev–Trinajstić information content (AvgIpc) is 3.07. The summed E-state index contributed by atoms with van der Waals surface area (Å²) in [6.45, 7) is 0.897. The number of nitrogens with zero attached hydrogens (tertiary/aromatic N) is 1. The van der Waals surface area contributed by atoms with Crippen molar-refractivity contribution in [3.05, 3.63) is 65.5 Å². The van der Waals surface area contributed by atoms with Crippen molar-refractivity contribution in [2.45, 2.75) is 18.1 Å². The molecule has 2 aliphatic rings. The zero-order valence-electron chi connectivity index (χ0n) is 16.1. The molecule has 2 aliphatic heterocycles. The number of carbonyl (C=O) groups excluding carboxylic acids is 2. The van der Waals surface area contributed by atoms with Gasteiger partial charge in [-0.15, -0.1) is 0 Å². The first-order valence-electron chi connectivity index (χ1n) is 9.26. The maximum absolute atomic E-state index is 15.9. The Balaban J connectivity index is 1.74. The Morgan fingerprint density at radius 1 is 1.13 bits per heavy atom. The second-order valence-corrected chi connectivity index (χ2v) is 8.18. The fourth-order valence-corrected chi connectivity index (χ4v) is 4.69. The summed E-state index contributed by atoms with van der Waals surface area (Å²) in [4.78, 5) is 28.4. The molecule has 1 saturated heterocycles. The zero-order valence-corrected chi connectivity index (χ0v) is 16.9. The van der Waals surface area contributed by atoms with Crippen LogP contribution < -0.4 is 10.6 Å². The van der Waals surface area contributed by atoms with Crippen LogP contribution in [-0.2, 0) is 15.1 Å². The molecule has 2 N–H and O–H groups in total. The number of thioether (sulfide) groups is 1. The van der Waals surface area contributed by atoms with Crippen LogP contribution in [0.1, 0.15) is 22.8 Å². The number of benzene rings is 2. The predicted molar refractivity (Wildman–Crippen MR) is 111 cm³/mol. The van der Waals surface area contributed by atoms with Gasteiger partial charge in [-0.25, -0.2) is 13.8 Å². The van der Waals surface area contributed by atoms with Crippen LogP contribution >= 0.6 is 11.8 Å². The molecule has 9 heteroatoms. The van der Waals surface area contributed by atoms with Gasteiger partial charge in [0, 0.05) is 29.5 Å². The summed E-state index contributed by atoms with van der Waals surface area (Å²) in [6, 6.07) is 12.5. The highest BCUT2D eigenvalue weighted by atomic mass is 32.2. The number of alkyl halides is 1. The molecule has 0 aliphatic carbocycles. The lowest BCUT2D eigenvalue weighted by Gasteiger charge is -2.39. The van der Waals surface area contributed by atoms with Gasteiger partial charge in [0.15, 0.2) is 16.4 Å². The van der Waals surface area contributed by atoms with Crippen molar-refractivity contribution in [2.24, 2.45) is 4.99 Å². The van der Waals surface area contributed by atoms with E-state index < -0.39 is 22.9 Å². The minimum Gasteiger partial charge on any atom is -0.375 e. The molecule has 30 heavy (non-hydrogen) atoms. The van der Waals surface area contributed by atoms with E-state index in [-0.39, 0.29) is 35.6 Å². The molecule has 2 heterocycles. The molecule has 156 valence electrons. The highest BCUT2D eigenvalue weighted by Crippen LogP contribution is 2.50. The van der Waals surface area contributed by atoms with E-state index in [2.05, 4.69) is 15.6 Å². The Morgan fingerprint density at radius 3 is 2.63 bits per heavy atom. The van der Waals surface area contributed by atoms with Gasteiger partial charge < -0.3 is 15.4 Å². The van der Waals surface area contributed by atoms with Gasteiger partial charge in [0.05, 0.1) is 13.2 Å². The number of anilines is 1. The molecule has 0 spiro atoms. The standard InChI is InChI=1S/C21H19F2N3O3S/c1-13(27)24-15-7-8-17(22)16(9-15)21-11-29-10-20(21,23)12-30-19(26-21)25-18(28)14-5-3-2-4-6-14/h2-9H,10-12H2,1H3,(H,24,27)(H,25,26,28). The third-order valence-corrected chi connectivity index (χ3v) is 6.17. The zero-order chi connectivity index (χ0) is 21.4. The van der Waals surface area contributed by atoms with Crippen LogP contribution in [0.15, 0.2) is 53.5 Å². The minimum absolute atomic E-state index is 0.0273. The molecule has 2 aromatic rings. The molecule has 0 aromatic heterocycles. The number of carbonyl (C=O) groups is 2. The highest BCUT2D eigenvalue weighted by molar-refractivity contribution is 8.14. The fourth-order valence-electron chi connectivity index (χ4n) is 3.62. The van der Waals surface area contributed by atoms with Gasteiger partial charge in [-0.05, 0) is 30.3 Å². The van der Waals surface area contributed by atoms with Crippen molar-refractivity contribution < 1.29 is 23.1 Å². The van der Waals surface area contributed by atoms with Gasteiger partial charge in [-0.1, -0.05) is 30.0 Å². The third-order valence-electron chi connectivity index (χ3n) is 5.10. The number of hydrogen-bond acceptors (Lipinski definition) is 5. The first kappa shape index (κ1) is 20.5. The van der Waals surface area contributed by atoms with Crippen molar-refractivity contribution in [1.82, 2.24) is 5.32 Å². The Morgan fingerprint density at radius 2 is 1.90 bits per heavy atom. The summed E-state index contributed by atoms with van der Waals surface area (Å²) in [7, 11) is 0. The van der Waals surface area contributed by atoms with Crippen LogP contribution in [0.4, 0.5) is 14.5 Å². The number of rotatable bonds is 3. The smallest absolute Gasteiger partial charge is 0.257 e. The summed E-state index contributed by atoms with van der Waals surface area (Å²) in [5.41, 5.74) is -2.91. The largest absolute Gasteiger partial charge is 0.375 e. The van der Waals surface area contributed by atoms with Gasteiger partial charge in [-0.3, -0.25) is 9.59 Å². The molecule has 6 nitrogen and oxygen atoms in total. The van der Waals surface area contributed by atoms with Crippen LogP contribution in [0, 0.1) is 5.82 Å². The molecular weight excluding hydrogens is 412 g/mol. The minimum atomic E-state index is -1.96.